The van der Waals surface area contributed by atoms with Crippen molar-refractivity contribution in [2.45, 2.75) is 19.3 Å². The van der Waals surface area contributed by atoms with E-state index in [0.717, 1.165) is 24.3 Å². The summed E-state index contributed by atoms with van der Waals surface area (Å²) in [5.41, 5.74) is 1.22. The summed E-state index contributed by atoms with van der Waals surface area (Å²) in [6.45, 7) is 0. The molecule has 0 bridgehead atoms. The van der Waals surface area contributed by atoms with Crippen molar-refractivity contribution in [2.75, 3.05) is 11.5 Å². The van der Waals surface area contributed by atoms with Gasteiger partial charge in [-0.3, -0.25) is 4.79 Å². The topological polar surface area (TPSA) is 37.3 Å². The number of carboxylic acid groups (broad SMARTS) is 1. The lowest BCUT2D eigenvalue weighted by Crippen LogP contribution is -1.94. The second-order valence-electron chi connectivity index (χ2n) is 3.74. The Morgan fingerprint density at radius 1 is 1.24 bits per heavy atom. The molecule has 0 aliphatic heterocycles. The van der Waals surface area contributed by atoms with Crippen molar-refractivity contribution in [1.82, 2.24) is 0 Å². The predicted molar refractivity (Wildman–Crippen MR) is 74.3 cm³/mol. The van der Waals surface area contributed by atoms with Gasteiger partial charge in [-0.15, -0.1) is 0 Å². The fourth-order valence-electron chi connectivity index (χ4n) is 1.38. The fraction of sp³-hybridized carbons (Fsp3) is 0.357. The average Bonchev–Trinajstić information content (AvgIpc) is 2.33. The highest BCUT2D eigenvalue weighted by Gasteiger charge is 1.95. The largest absolute Gasteiger partial charge is 0.481 e. The highest BCUT2D eigenvalue weighted by molar-refractivity contribution is 7.99. The molecule has 0 unspecified atom stereocenters. The van der Waals surface area contributed by atoms with Gasteiger partial charge in [0.05, 0.1) is 0 Å². The third-order valence-corrected chi connectivity index (χ3v) is 3.26. The molecule has 1 aromatic rings. The molecule has 17 heavy (non-hydrogen) atoms. The first kappa shape index (κ1) is 13.8. The van der Waals surface area contributed by atoms with Crippen LogP contribution in [-0.2, 0) is 4.79 Å². The molecule has 0 fully saturated rings. The van der Waals surface area contributed by atoms with Gasteiger partial charge in [-0.25, -0.2) is 0 Å². The van der Waals surface area contributed by atoms with Crippen LogP contribution < -0.4 is 0 Å². The van der Waals surface area contributed by atoms with Gasteiger partial charge in [-0.1, -0.05) is 42.5 Å². The summed E-state index contributed by atoms with van der Waals surface area (Å²) < 4.78 is 0. The molecule has 0 saturated heterocycles. The van der Waals surface area contributed by atoms with Crippen LogP contribution in [0.15, 0.2) is 36.4 Å². The molecule has 1 rings (SSSR count). The number of hydrogen-bond donors (Lipinski definition) is 1. The van der Waals surface area contributed by atoms with E-state index in [9.17, 15) is 4.79 Å². The van der Waals surface area contributed by atoms with E-state index in [1.54, 1.807) is 0 Å². The molecule has 0 radical (unpaired) electrons. The van der Waals surface area contributed by atoms with Gasteiger partial charge in [0.25, 0.3) is 0 Å². The van der Waals surface area contributed by atoms with Crippen LogP contribution in [0.3, 0.4) is 0 Å². The van der Waals surface area contributed by atoms with Crippen LogP contribution >= 0.6 is 11.8 Å². The molecular weight excluding hydrogens is 232 g/mol. The Labute approximate surface area is 107 Å². The summed E-state index contributed by atoms with van der Waals surface area (Å²) in [5, 5.41) is 8.46. The van der Waals surface area contributed by atoms with Crippen molar-refractivity contribution in [3.63, 3.8) is 0 Å². The Balaban J connectivity index is 2.01. The van der Waals surface area contributed by atoms with Crippen LogP contribution in [0.25, 0.3) is 6.08 Å². The Morgan fingerprint density at radius 2 is 2.00 bits per heavy atom. The number of rotatable bonds is 8. The molecule has 1 aromatic carbocycles. The molecular formula is C14H18O2S. The van der Waals surface area contributed by atoms with E-state index in [1.807, 2.05) is 30.0 Å². The van der Waals surface area contributed by atoms with Crippen molar-refractivity contribution in [1.29, 1.82) is 0 Å². The molecule has 0 aromatic heterocycles. The molecule has 0 amide bonds. The first-order valence-corrected chi connectivity index (χ1v) is 6.95. The van der Waals surface area contributed by atoms with E-state index in [0.29, 0.717) is 6.42 Å². The molecule has 3 heteroatoms. The smallest absolute Gasteiger partial charge is 0.303 e. The first-order valence-electron chi connectivity index (χ1n) is 5.80. The van der Waals surface area contributed by atoms with Crippen LogP contribution in [-0.4, -0.2) is 22.6 Å². The van der Waals surface area contributed by atoms with Crippen LogP contribution in [0.4, 0.5) is 0 Å². The van der Waals surface area contributed by atoms with E-state index in [2.05, 4.69) is 24.3 Å². The lowest BCUT2D eigenvalue weighted by Gasteiger charge is -1.97. The average molecular weight is 250 g/mol. The maximum absolute atomic E-state index is 10.3. The van der Waals surface area contributed by atoms with Crippen LogP contribution in [0.1, 0.15) is 24.8 Å². The number of carbonyl (C=O) groups is 1. The number of aliphatic carboxylic acids is 1. The van der Waals surface area contributed by atoms with Gasteiger partial charge in [0, 0.05) is 12.2 Å². The lowest BCUT2D eigenvalue weighted by atomic mass is 10.2. The second-order valence-corrected chi connectivity index (χ2v) is 4.89. The third-order valence-electron chi connectivity index (χ3n) is 2.25. The lowest BCUT2D eigenvalue weighted by molar-refractivity contribution is -0.137. The van der Waals surface area contributed by atoms with Crippen LogP contribution in [0, 0.1) is 0 Å². The van der Waals surface area contributed by atoms with Crippen molar-refractivity contribution < 1.29 is 9.90 Å². The van der Waals surface area contributed by atoms with E-state index in [-0.39, 0.29) is 0 Å². The molecule has 2 nitrogen and oxygen atoms in total. The van der Waals surface area contributed by atoms with Crippen molar-refractivity contribution in [3.05, 3.63) is 42.0 Å². The standard InChI is InChI=1S/C14H18O2S/c15-14(16)10-4-5-11-17-12-6-9-13-7-2-1-3-8-13/h1-3,6-9H,4-5,10-12H2,(H,15,16)/b9-6+. The summed E-state index contributed by atoms with van der Waals surface area (Å²) >= 11 is 1.84. The summed E-state index contributed by atoms with van der Waals surface area (Å²) in [4.78, 5) is 10.3. The maximum atomic E-state index is 10.3. The third kappa shape index (κ3) is 7.64. The Bertz CT molecular complexity index is 346. The number of carboxylic acids is 1. The monoisotopic (exact) mass is 250 g/mol. The number of hydrogen-bond acceptors (Lipinski definition) is 2. The minimum absolute atomic E-state index is 0.292. The van der Waals surface area contributed by atoms with Crippen molar-refractivity contribution in [3.8, 4) is 0 Å². The molecule has 92 valence electrons. The summed E-state index contributed by atoms with van der Waals surface area (Å²) in [7, 11) is 0. The van der Waals surface area contributed by atoms with Gasteiger partial charge < -0.3 is 5.11 Å². The minimum Gasteiger partial charge on any atom is -0.481 e. The predicted octanol–water partition coefficient (Wildman–Crippen LogP) is 3.69. The molecule has 0 spiro atoms. The van der Waals surface area contributed by atoms with Gasteiger partial charge in [0.1, 0.15) is 0 Å². The Morgan fingerprint density at radius 3 is 2.71 bits per heavy atom. The number of benzene rings is 1. The fourth-order valence-corrected chi connectivity index (χ4v) is 2.19. The normalized spacial score (nSPS) is 10.8. The maximum Gasteiger partial charge on any atom is 0.303 e. The van der Waals surface area contributed by atoms with Crippen LogP contribution in [0.2, 0.25) is 0 Å². The quantitative estimate of drug-likeness (QED) is 0.715. The summed E-state index contributed by atoms with van der Waals surface area (Å²) in [6.07, 6.45) is 6.32. The number of thioether (sulfide) groups is 1. The van der Waals surface area contributed by atoms with Crippen molar-refractivity contribution in [2.24, 2.45) is 0 Å². The second kappa shape index (κ2) is 8.88. The highest BCUT2D eigenvalue weighted by atomic mass is 32.2. The number of unbranched alkanes of at least 4 members (excludes halogenated alkanes) is 1. The Kier molecular flexibility index (Phi) is 7.23. The molecule has 0 atom stereocenters. The van der Waals surface area contributed by atoms with Gasteiger partial charge in [0.2, 0.25) is 0 Å². The first-order chi connectivity index (χ1) is 8.29. The zero-order valence-electron chi connectivity index (χ0n) is 9.84. The molecule has 0 aliphatic rings. The molecule has 0 saturated carbocycles. The van der Waals surface area contributed by atoms with Gasteiger partial charge in [-0.05, 0) is 24.2 Å². The van der Waals surface area contributed by atoms with Gasteiger partial charge >= 0.3 is 5.97 Å². The molecule has 0 aliphatic carbocycles. The Hall–Kier alpha value is -1.22. The minimum atomic E-state index is -0.695. The van der Waals surface area contributed by atoms with E-state index >= 15 is 0 Å². The summed E-state index contributed by atoms with van der Waals surface area (Å²) in [5.74, 6) is 1.33. The summed E-state index contributed by atoms with van der Waals surface area (Å²) in [6, 6.07) is 10.2. The SMILES string of the molecule is O=C(O)CCCCSC/C=C/c1ccccc1. The molecule has 0 heterocycles. The van der Waals surface area contributed by atoms with E-state index < -0.39 is 5.97 Å². The van der Waals surface area contributed by atoms with Gasteiger partial charge in [-0.2, -0.15) is 11.8 Å². The van der Waals surface area contributed by atoms with E-state index in [4.69, 9.17) is 5.11 Å². The highest BCUT2D eigenvalue weighted by Crippen LogP contribution is 2.08. The molecule has 1 N–H and O–H groups in total. The zero-order valence-corrected chi connectivity index (χ0v) is 10.7. The van der Waals surface area contributed by atoms with Crippen LogP contribution in [0.5, 0.6) is 0 Å². The van der Waals surface area contributed by atoms with E-state index in [1.165, 1.54) is 5.56 Å². The zero-order chi connectivity index (χ0) is 12.3. The van der Waals surface area contributed by atoms with Gasteiger partial charge in [0.15, 0.2) is 0 Å². The van der Waals surface area contributed by atoms with Crippen molar-refractivity contribution >= 4 is 23.8 Å².